The lowest BCUT2D eigenvalue weighted by Crippen LogP contribution is -2.31. The molecule has 20 heavy (non-hydrogen) atoms. The van der Waals surface area contributed by atoms with E-state index < -0.39 is 10.0 Å². The molecule has 1 aliphatic carbocycles. The van der Waals surface area contributed by atoms with E-state index in [1.165, 1.54) is 22.7 Å². The first-order valence-electron chi connectivity index (χ1n) is 7.36. The second kappa shape index (κ2) is 5.47. The van der Waals surface area contributed by atoms with Gasteiger partial charge in [0.05, 0.1) is 4.90 Å². The average molecular weight is 294 g/mol. The van der Waals surface area contributed by atoms with Crippen molar-refractivity contribution in [2.24, 2.45) is 5.92 Å². The SMILES string of the molecule is CN(CC1CCCC1)S(=O)(=O)c1ccc2c(c1)CNC2. The molecule has 0 saturated heterocycles. The van der Waals surface area contributed by atoms with E-state index in [0.717, 1.165) is 31.5 Å². The summed E-state index contributed by atoms with van der Waals surface area (Å²) in [5.41, 5.74) is 2.32. The maximum absolute atomic E-state index is 12.6. The van der Waals surface area contributed by atoms with Crippen LogP contribution in [0.25, 0.3) is 0 Å². The van der Waals surface area contributed by atoms with E-state index in [4.69, 9.17) is 0 Å². The third-order valence-corrected chi connectivity index (χ3v) is 6.33. The largest absolute Gasteiger partial charge is 0.309 e. The molecule has 0 atom stereocenters. The molecule has 2 aliphatic rings. The molecule has 0 bridgehead atoms. The first kappa shape index (κ1) is 14.0. The third-order valence-electron chi connectivity index (χ3n) is 4.51. The predicted molar refractivity (Wildman–Crippen MR) is 78.8 cm³/mol. The zero-order valence-electron chi connectivity index (χ0n) is 11.9. The van der Waals surface area contributed by atoms with Crippen LogP contribution < -0.4 is 5.32 Å². The lowest BCUT2D eigenvalue weighted by atomic mass is 10.1. The van der Waals surface area contributed by atoms with E-state index in [9.17, 15) is 8.42 Å². The van der Waals surface area contributed by atoms with Crippen molar-refractivity contribution in [3.05, 3.63) is 29.3 Å². The van der Waals surface area contributed by atoms with Crippen molar-refractivity contribution in [1.29, 1.82) is 0 Å². The maximum Gasteiger partial charge on any atom is 0.242 e. The Balaban J connectivity index is 1.79. The molecule has 0 aromatic heterocycles. The molecule has 4 nitrogen and oxygen atoms in total. The van der Waals surface area contributed by atoms with Gasteiger partial charge in [-0.15, -0.1) is 0 Å². The Morgan fingerprint density at radius 2 is 1.90 bits per heavy atom. The van der Waals surface area contributed by atoms with Gasteiger partial charge in [0, 0.05) is 26.7 Å². The molecule has 3 rings (SSSR count). The van der Waals surface area contributed by atoms with E-state index in [2.05, 4.69) is 5.32 Å². The molecular weight excluding hydrogens is 272 g/mol. The van der Waals surface area contributed by atoms with Crippen LogP contribution in [0.1, 0.15) is 36.8 Å². The Kier molecular flexibility index (Phi) is 3.84. The van der Waals surface area contributed by atoms with E-state index in [0.29, 0.717) is 17.4 Å². The monoisotopic (exact) mass is 294 g/mol. The number of fused-ring (bicyclic) bond motifs is 1. The first-order valence-corrected chi connectivity index (χ1v) is 8.80. The number of nitrogens with one attached hydrogen (secondary N) is 1. The Hall–Kier alpha value is -0.910. The van der Waals surface area contributed by atoms with Crippen LogP contribution in [0.4, 0.5) is 0 Å². The van der Waals surface area contributed by atoms with Crippen molar-refractivity contribution < 1.29 is 8.42 Å². The Morgan fingerprint density at radius 3 is 2.65 bits per heavy atom. The molecule has 1 heterocycles. The van der Waals surface area contributed by atoms with Crippen LogP contribution >= 0.6 is 0 Å². The van der Waals surface area contributed by atoms with Gasteiger partial charge < -0.3 is 5.32 Å². The molecule has 0 unspecified atom stereocenters. The van der Waals surface area contributed by atoms with Gasteiger partial charge in [-0.05, 0) is 42.0 Å². The summed E-state index contributed by atoms with van der Waals surface area (Å²) in [5, 5.41) is 3.25. The van der Waals surface area contributed by atoms with Gasteiger partial charge in [0.1, 0.15) is 0 Å². The highest BCUT2D eigenvalue weighted by Crippen LogP contribution is 2.28. The van der Waals surface area contributed by atoms with Gasteiger partial charge in [-0.2, -0.15) is 0 Å². The number of benzene rings is 1. The first-order chi connectivity index (χ1) is 9.57. The van der Waals surface area contributed by atoms with Crippen molar-refractivity contribution in [3.63, 3.8) is 0 Å². The van der Waals surface area contributed by atoms with Crippen LogP contribution in [0.2, 0.25) is 0 Å². The standard InChI is InChI=1S/C15H22N2O2S/c1-17(11-12-4-2-3-5-12)20(18,19)15-7-6-13-9-16-10-14(13)8-15/h6-8,12,16H,2-5,9-11H2,1H3. The fraction of sp³-hybridized carbons (Fsp3) is 0.600. The van der Waals surface area contributed by atoms with E-state index >= 15 is 0 Å². The molecule has 110 valence electrons. The zero-order chi connectivity index (χ0) is 14.2. The van der Waals surface area contributed by atoms with Crippen LogP contribution in [0.5, 0.6) is 0 Å². The fourth-order valence-corrected chi connectivity index (χ4v) is 4.56. The number of hydrogen-bond donors (Lipinski definition) is 1. The van der Waals surface area contributed by atoms with E-state index in [-0.39, 0.29) is 0 Å². The minimum atomic E-state index is -3.34. The molecule has 0 radical (unpaired) electrons. The summed E-state index contributed by atoms with van der Waals surface area (Å²) < 4.78 is 26.8. The highest BCUT2D eigenvalue weighted by atomic mass is 32.2. The molecule has 0 spiro atoms. The van der Waals surface area contributed by atoms with Crippen LogP contribution in [-0.4, -0.2) is 26.3 Å². The number of rotatable bonds is 4. The molecule has 1 N–H and O–H groups in total. The van der Waals surface area contributed by atoms with Crippen molar-refractivity contribution in [3.8, 4) is 0 Å². The van der Waals surface area contributed by atoms with Gasteiger partial charge in [-0.1, -0.05) is 18.9 Å². The molecule has 1 fully saturated rings. The fourth-order valence-electron chi connectivity index (χ4n) is 3.27. The summed E-state index contributed by atoms with van der Waals surface area (Å²) >= 11 is 0. The van der Waals surface area contributed by atoms with Crippen molar-refractivity contribution >= 4 is 10.0 Å². The van der Waals surface area contributed by atoms with Crippen LogP contribution in [0, 0.1) is 5.92 Å². The highest BCUT2D eigenvalue weighted by molar-refractivity contribution is 7.89. The second-order valence-electron chi connectivity index (χ2n) is 5.97. The van der Waals surface area contributed by atoms with Crippen LogP contribution in [0.3, 0.4) is 0 Å². The Bertz CT molecular complexity index is 592. The van der Waals surface area contributed by atoms with Crippen molar-refractivity contribution in [1.82, 2.24) is 9.62 Å². The van der Waals surface area contributed by atoms with E-state index in [1.54, 1.807) is 13.1 Å². The molecule has 1 saturated carbocycles. The van der Waals surface area contributed by atoms with Gasteiger partial charge in [-0.3, -0.25) is 0 Å². The van der Waals surface area contributed by atoms with Gasteiger partial charge in [-0.25, -0.2) is 12.7 Å². The van der Waals surface area contributed by atoms with Gasteiger partial charge in [0.15, 0.2) is 0 Å². The summed E-state index contributed by atoms with van der Waals surface area (Å²) in [5.74, 6) is 0.533. The van der Waals surface area contributed by atoms with Crippen LogP contribution in [0.15, 0.2) is 23.1 Å². The molecule has 1 aromatic rings. The lowest BCUT2D eigenvalue weighted by Gasteiger charge is -2.21. The number of nitrogens with zero attached hydrogens (tertiary/aromatic N) is 1. The summed E-state index contributed by atoms with van der Waals surface area (Å²) in [7, 11) is -1.64. The minimum absolute atomic E-state index is 0.431. The zero-order valence-corrected chi connectivity index (χ0v) is 12.7. The van der Waals surface area contributed by atoms with Crippen molar-refractivity contribution in [2.75, 3.05) is 13.6 Å². The quantitative estimate of drug-likeness (QED) is 0.925. The Labute approximate surface area is 121 Å². The molecule has 5 heteroatoms. The lowest BCUT2D eigenvalue weighted by molar-refractivity contribution is 0.387. The summed E-state index contributed by atoms with van der Waals surface area (Å²) in [6.07, 6.45) is 4.80. The second-order valence-corrected chi connectivity index (χ2v) is 8.01. The minimum Gasteiger partial charge on any atom is -0.309 e. The van der Waals surface area contributed by atoms with Gasteiger partial charge in [0.25, 0.3) is 0 Å². The normalized spacial score (nSPS) is 19.7. The smallest absolute Gasteiger partial charge is 0.242 e. The molecule has 1 aliphatic heterocycles. The topological polar surface area (TPSA) is 49.4 Å². The summed E-state index contributed by atoms with van der Waals surface area (Å²) in [4.78, 5) is 0.431. The molecule has 1 aromatic carbocycles. The summed E-state index contributed by atoms with van der Waals surface area (Å²) in [6, 6.07) is 5.51. The Morgan fingerprint density at radius 1 is 1.20 bits per heavy atom. The third kappa shape index (κ3) is 2.62. The van der Waals surface area contributed by atoms with Crippen LogP contribution in [-0.2, 0) is 23.1 Å². The predicted octanol–water partition coefficient (Wildman–Crippen LogP) is 2.10. The molecular formula is C15H22N2O2S. The van der Waals surface area contributed by atoms with Crippen molar-refractivity contribution in [2.45, 2.75) is 43.7 Å². The highest BCUT2D eigenvalue weighted by Gasteiger charge is 2.26. The number of hydrogen-bond acceptors (Lipinski definition) is 3. The van der Waals surface area contributed by atoms with Gasteiger partial charge >= 0.3 is 0 Å². The summed E-state index contributed by atoms with van der Waals surface area (Å²) in [6.45, 7) is 2.26. The van der Waals surface area contributed by atoms with Gasteiger partial charge in [0.2, 0.25) is 10.0 Å². The molecule has 0 amide bonds. The number of sulfonamides is 1. The maximum atomic E-state index is 12.6. The van der Waals surface area contributed by atoms with E-state index in [1.807, 2.05) is 12.1 Å². The average Bonchev–Trinajstić information content (AvgIpc) is 3.07.